The first-order valence-corrected chi connectivity index (χ1v) is 12.6. The minimum atomic E-state index is -0.536. The van der Waals surface area contributed by atoms with Crippen LogP contribution in [0.3, 0.4) is 0 Å². The Bertz CT molecular complexity index is 1360. The Kier molecular flexibility index (Phi) is 8.48. The summed E-state index contributed by atoms with van der Waals surface area (Å²) in [6, 6.07) is 19.7. The van der Waals surface area contributed by atoms with Gasteiger partial charge in [0.25, 0.3) is 5.91 Å². The van der Waals surface area contributed by atoms with Gasteiger partial charge in [0.05, 0.1) is 19.9 Å². The lowest BCUT2D eigenvalue weighted by Gasteiger charge is -2.19. The van der Waals surface area contributed by atoms with Gasteiger partial charge >= 0.3 is 5.97 Å². The molecule has 10 heteroatoms. The number of anilines is 1. The van der Waals surface area contributed by atoms with Crippen molar-refractivity contribution in [3.63, 3.8) is 0 Å². The number of rotatable bonds is 8. The summed E-state index contributed by atoms with van der Waals surface area (Å²) in [5.74, 6) is 0.263. The number of methoxy groups -OCH3 is 2. The number of ether oxygens (including phenoxy) is 3. The van der Waals surface area contributed by atoms with Gasteiger partial charge in [-0.2, -0.15) is 0 Å². The molecule has 37 heavy (non-hydrogen) atoms. The van der Waals surface area contributed by atoms with E-state index in [4.69, 9.17) is 38.0 Å². The topological polar surface area (TPSA) is 68.3 Å². The largest absolute Gasteiger partial charge is 0.497 e. The Hall–Kier alpha value is -3.40. The Balaban J connectivity index is 1.71. The highest BCUT2D eigenvalue weighted by Gasteiger charge is 2.40. The summed E-state index contributed by atoms with van der Waals surface area (Å²) in [4.78, 5) is 28.7. The number of carbonyl (C=O) groups excluding carboxylic acids is 2. The van der Waals surface area contributed by atoms with Crippen molar-refractivity contribution in [2.24, 2.45) is 0 Å². The fourth-order valence-corrected chi connectivity index (χ4v) is 4.49. The van der Waals surface area contributed by atoms with Gasteiger partial charge in [0.1, 0.15) is 30.3 Å². The van der Waals surface area contributed by atoms with E-state index in [0.29, 0.717) is 34.4 Å². The van der Waals surface area contributed by atoms with Crippen LogP contribution >= 0.6 is 39.7 Å². The zero-order chi connectivity index (χ0) is 26.5. The van der Waals surface area contributed by atoms with E-state index in [-0.39, 0.29) is 23.3 Å². The van der Waals surface area contributed by atoms with Crippen molar-refractivity contribution >= 4 is 68.5 Å². The molecule has 0 saturated carbocycles. The van der Waals surface area contributed by atoms with Crippen LogP contribution < -0.4 is 14.4 Å². The van der Waals surface area contributed by atoms with E-state index < -0.39 is 5.97 Å². The second-order valence-corrected chi connectivity index (χ2v) is 9.63. The Labute approximate surface area is 233 Å². The Morgan fingerprint density at radius 3 is 2.41 bits per heavy atom. The highest BCUT2D eigenvalue weighted by molar-refractivity contribution is 9.10. The van der Waals surface area contributed by atoms with Crippen LogP contribution in [0.15, 0.2) is 76.9 Å². The number of hydrogen-bond donors (Lipinski definition) is 0. The molecule has 7 nitrogen and oxygen atoms in total. The number of carbonyl (C=O) groups is 2. The van der Waals surface area contributed by atoms with Crippen molar-refractivity contribution in [3.8, 4) is 11.5 Å². The SMILES string of the molecule is COC(=O)CN1C(=S)N(c2ccc(OC)cc2)C(=O)/C1=C/c1cc(Br)ccc1OCc1ccc(Cl)cc1. The number of halogens is 2. The summed E-state index contributed by atoms with van der Waals surface area (Å²) in [5.41, 5.74) is 2.31. The van der Waals surface area contributed by atoms with Gasteiger partial charge in [0.2, 0.25) is 0 Å². The molecule has 0 aromatic heterocycles. The second-order valence-electron chi connectivity index (χ2n) is 7.91. The Morgan fingerprint density at radius 1 is 1.05 bits per heavy atom. The lowest BCUT2D eigenvalue weighted by atomic mass is 10.1. The predicted molar refractivity (Wildman–Crippen MR) is 150 cm³/mol. The van der Waals surface area contributed by atoms with Crippen molar-refractivity contribution in [1.82, 2.24) is 4.90 Å². The van der Waals surface area contributed by atoms with E-state index in [1.807, 2.05) is 24.3 Å². The van der Waals surface area contributed by atoms with Gasteiger partial charge in [-0.25, -0.2) is 0 Å². The third kappa shape index (κ3) is 6.12. The highest BCUT2D eigenvalue weighted by Crippen LogP contribution is 2.33. The number of benzene rings is 3. The van der Waals surface area contributed by atoms with Gasteiger partial charge in [-0.3, -0.25) is 14.5 Å². The summed E-state index contributed by atoms with van der Waals surface area (Å²) in [7, 11) is 2.84. The summed E-state index contributed by atoms with van der Waals surface area (Å²) < 4.78 is 16.9. The molecule has 0 N–H and O–H groups in total. The fraction of sp³-hybridized carbons (Fsp3) is 0.148. The first-order chi connectivity index (χ1) is 17.8. The van der Waals surface area contributed by atoms with Gasteiger partial charge < -0.3 is 19.1 Å². The lowest BCUT2D eigenvalue weighted by Crippen LogP contribution is -2.35. The van der Waals surface area contributed by atoms with Crippen LogP contribution in [-0.4, -0.2) is 42.7 Å². The van der Waals surface area contributed by atoms with Gasteiger partial charge in [0, 0.05) is 15.1 Å². The fourth-order valence-electron chi connectivity index (χ4n) is 3.64. The van der Waals surface area contributed by atoms with Crippen LogP contribution in [0.1, 0.15) is 11.1 Å². The third-order valence-electron chi connectivity index (χ3n) is 5.55. The van der Waals surface area contributed by atoms with E-state index in [1.165, 1.54) is 16.9 Å². The van der Waals surface area contributed by atoms with Gasteiger partial charge in [-0.05, 0) is 78.5 Å². The van der Waals surface area contributed by atoms with E-state index in [9.17, 15) is 9.59 Å². The molecule has 4 rings (SSSR count). The monoisotopic (exact) mass is 600 g/mol. The van der Waals surface area contributed by atoms with Crippen molar-refractivity contribution in [1.29, 1.82) is 0 Å². The van der Waals surface area contributed by atoms with Gasteiger partial charge in [-0.1, -0.05) is 39.7 Å². The summed E-state index contributed by atoms with van der Waals surface area (Å²) >= 11 is 15.1. The van der Waals surface area contributed by atoms with Crippen LogP contribution in [0.2, 0.25) is 5.02 Å². The average molecular weight is 602 g/mol. The molecule has 3 aromatic carbocycles. The quantitative estimate of drug-likeness (QED) is 0.183. The molecule has 1 fully saturated rings. The van der Waals surface area contributed by atoms with Crippen molar-refractivity contribution < 1.29 is 23.8 Å². The predicted octanol–water partition coefficient (Wildman–Crippen LogP) is 5.84. The minimum absolute atomic E-state index is 0.158. The number of amides is 1. The Morgan fingerprint density at radius 2 is 1.76 bits per heavy atom. The van der Waals surface area contributed by atoms with Gasteiger partial charge in [0.15, 0.2) is 5.11 Å². The second kappa shape index (κ2) is 11.8. The summed E-state index contributed by atoms with van der Waals surface area (Å²) in [5, 5.41) is 0.797. The lowest BCUT2D eigenvalue weighted by molar-refractivity contribution is -0.140. The zero-order valence-corrected chi connectivity index (χ0v) is 23.1. The van der Waals surface area contributed by atoms with Crippen molar-refractivity contribution in [2.45, 2.75) is 6.61 Å². The molecule has 0 aliphatic carbocycles. The van der Waals surface area contributed by atoms with Crippen molar-refractivity contribution in [3.05, 3.63) is 93.0 Å². The first-order valence-electron chi connectivity index (χ1n) is 11.1. The highest BCUT2D eigenvalue weighted by atomic mass is 79.9. The third-order valence-corrected chi connectivity index (χ3v) is 6.70. The molecule has 1 amide bonds. The molecule has 0 bridgehead atoms. The van der Waals surface area contributed by atoms with Crippen LogP contribution in [0.5, 0.6) is 11.5 Å². The summed E-state index contributed by atoms with van der Waals surface area (Å²) in [6.07, 6.45) is 1.66. The number of hydrogen-bond acceptors (Lipinski definition) is 6. The maximum absolute atomic E-state index is 13.6. The maximum atomic E-state index is 13.6. The van der Waals surface area contributed by atoms with Crippen LogP contribution in [0, 0.1) is 0 Å². The molecule has 0 spiro atoms. The van der Waals surface area contributed by atoms with E-state index in [1.54, 1.807) is 55.7 Å². The number of thiocarbonyl (C=S) groups is 1. The summed E-state index contributed by atoms with van der Waals surface area (Å²) in [6.45, 7) is 0.0692. The van der Waals surface area contributed by atoms with E-state index in [2.05, 4.69) is 15.9 Å². The standard InChI is InChI=1S/C27H22BrClN2O5S/c1-34-22-10-8-21(9-11-22)31-26(33)23(30(27(31)37)15-25(32)35-2)14-18-13-19(28)5-12-24(18)36-16-17-3-6-20(29)7-4-17/h3-14H,15-16H2,1-2H3/b23-14-. The molecule has 0 unspecified atom stereocenters. The zero-order valence-electron chi connectivity index (χ0n) is 19.9. The van der Waals surface area contributed by atoms with E-state index in [0.717, 1.165) is 10.0 Å². The van der Waals surface area contributed by atoms with E-state index >= 15 is 0 Å². The molecule has 1 saturated heterocycles. The van der Waals surface area contributed by atoms with Crippen LogP contribution in [0.25, 0.3) is 6.08 Å². The number of esters is 1. The smallest absolute Gasteiger partial charge is 0.325 e. The number of nitrogens with zero attached hydrogens (tertiary/aromatic N) is 2. The molecular weight excluding hydrogens is 580 g/mol. The van der Waals surface area contributed by atoms with Crippen molar-refractivity contribution in [2.75, 3.05) is 25.7 Å². The van der Waals surface area contributed by atoms with Crippen LogP contribution in [0.4, 0.5) is 5.69 Å². The molecule has 3 aromatic rings. The molecular formula is C27H22BrClN2O5S. The van der Waals surface area contributed by atoms with Gasteiger partial charge in [-0.15, -0.1) is 0 Å². The molecule has 0 atom stereocenters. The average Bonchev–Trinajstić information content (AvgIpc) is 3.13. The molecule has 1 aliphatic rings. The van der Waals surface area contributed by atoms with Crippen LogP contribution in [-0.2, 0) is 20.9 Å². The molecule has 190 valence electrons. The molecule has 0 radical (unpaired) electrons. The maximum Gasteiger partial charge on any atom is 0.325 e. The molecule has 1 heterocycles. The normalized spacial score (nSPS) is 14.3. The minimum Gasteiger partial charge on any atom is -0.497 e. The molecule has 1 aliphatic heterocycles. The first kappa shape index (κ1) is 26.7.